The van der Waals surface area contributed by atoms with Gasteiger partial charge in [-0.05, 0) is 35.4 Å². The van der Waals surface area contributed by atoms with Crippen LogP contribution in [0.3, 0.4) is 0 Å². The number of carbonyl (C=O) groups excluding carboxylic acids is 2. The van der Waals surface area contributed by atoms with E-state index in [0.717, 1.165) is 5.56 Å². The van der Waals surface area contributed by atoms with Gasteiger partial charge in [0.25, 0.3) is 0 Å². The van der Waals surface area contributed by atoms with Gasteiger partial charge in [0.2, 0.25) is 0 Å². The fraction of sp³-hybridized carbons (Fsp3) is 0.0909. The molecule has 2 aliphatic rings. The number of benzene rings is 2. The second-order valence-corrected chi connectivity index (χ2v) is 6.62. The number of nitrogens with zero attached hydrogens (tertiary/aromatic N) is 2. The number of ketones is 1. The van der Waals surface area contributed by atoms with E-state index in [-0.39, 0.29) is 17.9 Å². The lowest BCUT2D eigenvalue weighted by molar-refractivity contribution is -0.417. The molecule has 28 heavy (non-hydrogen) atoms. The molecular formula is C22H16N2O4. The average molecular weight is 372 g/mol. The lowest BCUT2D eigenvalue weighted by atomic mass is 9.82. The summed E-state index contributed by atoms with van der Waals surface area (Å²) in [5.41, 5.74) is 0.0300. The van der Waals surface area contributed by atoms with Crippen LogP contribution < -0.4 is 0 Å². The van der Waals surface area contributed by atoms with Crippen LogP contribution in [0.5, 0.6) is 0 Å². The Morgan fingerprint density at radius 3 is 2.04 bits per heavy atom. The predicted octanol–water partition coefficient (Wildman–Crippen LogP) is 3.15. The summed E-state index contributed by atoms with van der Waals surface area (Å²) >= 11 is 0. The highest BCUT2D eigenvalue weighted by Gasteiger charge is 2.55. The van der Waals surface area contributed by atoms with Gasteiger partial charge in [0.05, 0.1) is 10.5 Å². The zero-order valence-electron chi connectivity index (χ0n) is 14.8. The van der Waals surface area contributed by atoms with Gasteiger partial charge in [-0.15, -0.1) is 0 Å². The summed E-state index contributed by atoms with van der Waals surface area (Å²) in [6.07, 6.45) is 5.87. The van der Waals surface area contributed by atoms with E-state index >= 15 is 0 Å². The Hall–Kier alpha value is -3.80. The summed E-state index contributed by atoms with van der Waals surface area (Å²) in [5.74, 6) is -0.893. The Bertz CT molecular complexity index is 1040. The number of nitro groups is 1. The van der Waals surface area contributed by atoms with Gasteiger partial charge in [-0.3, -0.25) is 19.7 Å². The van der Waals surface area contributed by atoms with E-state index in [1.165, 1.54) is 17.1 Å². The molecule has 0 aromatic heterocycles. The molecule has 0 atom stereocenters. The highest BCUT2D eigenvalue weighted by molar-refractivity contribution is 6.11. The molecule has 0 bridgehead atoms. The lowest BCUT2D eigenvalue weighted by Crippen LogP contribution is -2.45. The molecule has 0 unspecified atom stereocenters. The van der Waals surface area contributed by atoms with Crippen molar-refractivity contribution in [2.45, 2.75) is 12.1 Å². The van der Waals surface area contributed by atoms with E-state index in [1.807, 2.05) is 30.3 Å². The number of carbonyl (C=O) groups is 2. The van der Waals surface area contributed by atoms with Crippen LogP contribution in [0.1, 0.15) is 11.1 Å². The topological polar surface area (TPSA) is 80.5 Å². The second-order valence-electron chi connectivity index (χ2n) is 6.62. The van der Waals surface area contributed by atoms with Crippen LogP contribution in [0, 0.1) is 10.1 Å². The molecule has 0 N–H and O–H groups in total. The minimum absolute atomic E-state index is 0.177. The van der Waals surface area contributed by atoms with Crippen molar-refractivity contribution in [2.24, 2.45) is 0 Å². The van der Waals surface area contributed by atoms with Gasteiger partial charge >= 0.3 is 11.6 Å². The van der Waals surface area contributed by atoms with Gasteiger partial charge in [0, 0.05) is 6.54 Å². The molecule has 1 amide bonds. The Labute approximate surface area is 161 Å². The summed E-state index contributed by atoms with van der Waals surface area (Å²) in [4.78, 5) is 37.6. The maximum atomic E-state index is 13.2. The molecule has 1 spiro atoms. The first-order chi connectivity index (χ1) is 13.5. The molecule has 6 nitrogen and oxygen atoms in total. The van der Waals surface area contributed by atoms with Gasteiger partial charge < -0.3 is 4.90 Å². The fourth-order valence-corrected chi connectivity index (χ4v) is 3.71. The summed E-state index contributed by atoms with van der Waals surface area (Å²) in [7, 11) is 0. The van der Waals surface area contributed by atoms with Crippen LogP contribution in [0.25, 0.3) is 5.57 Å². The van der Waals surface area contributed by atoms with Crippen LogP contribution in [0.15, 0.2) is 90.7 Å². The zero-order chi connectivity index (χ0) is 19.7. The van der Waals surface area contributed by atoms with Crippen LogP contribution in [-0.2, 0) is 16.1 Å². The molecule has 138 valence electrons. The molecule has 6 heteroatoms. The lowest BCUT2D eigenvalue weighted by Gasteiger charge is -2.36. The van der Waals surface area contributed by atoms with Crippen LogP contribution in [-0.4, -0.2) is 27.1 Å². The summed E-state index contributed by atoms with van der Waals surface area (Å²) in [5, 5.41) is 11.9. The minimum atomic E-state index is -1.19. The van der Waals surface area contributed by atoms with E-state index in [2.05, 4.69) is 0 Å². The number of hydrogen-bond donors (Lipinski definition) is 0. The highest BCUT2D eigenvalue weighted by atomic mass is 16.6. The molecule has 0 saturated heterocycles. The molecular weight excluding hydrogens is 356 g/mol. The molecule has 0 fully saturated rings. The highest BCUT2D eigenvalue weighted by Crippen LogP contribution is 2.46. The van der Waals surface area contributed by atoms with Crippen molar-refractivity contribution < 1.29 is 14.5 Å². The number of allylic oxidation sites excluding steroid dienone is 2. The molecule has 2 aromatic rings. The third-order valence-electron chi connectivity index (χ3n) is 4.96. The Morgan fingerprint density at radius 2 is 1.46 bits per heavy atom. The van der Waals surface area contributed by atoms with Crippen LogP contribution in [0.2, 0.25) is 0 Å². The molecule has 2 aromatic carbocycles. The van der Waals surface area contributed by atoms with Crippen molar-refractivity contribution in [3.8, 4) is 0 Å². The molecule has 4 rings (SSSR count). The van der Waals surface area contributed by atoms with E-state index in [0.29, 0.717) is 5.56 Å². The zero-order valence-corrected chi connectivity index (χ0v) is 14.8. The van der Waals surface area contributed by atoms with Crippen molar-refractivity contribution in [1.29, 1.82) is 0 Å². The normalized spacial score (nSPS) is 17.6. The standard InChI is InChI=1S/C22H16N2O4/c25-18-11-13-22(14-12-18)19(17-9-5-2-6-10-17)20(24(27)28)21(26)23(22)15-16-7-3-1-4-8-16/h1-14H,15H2. The SMILES string of the molecule is O=C1C=CC2(C=C1)C(c1ccccc1)=C([N+](=O)[O-])C(=O)N2Cc1ccccc1. The van der Waals surface area contributed by atoms with Crippen molar-refractivity contribution in [3.63, 3.8) is 0 Å². The quantitative estimate of drug-likeness (QED) is 0.610. The molecule has 0 saturated carbocycles. The largest absolute Gasteiger partial charge is 0.340 e. The summed E-state index contributed by atoms with van der Waals surface area (Å²) < 4.78 is 0. The molecule has 1 aliphatic heterocycles. The Balaban J connectivity index is 1.93. The van der Waals surface area contributed by atoms with Crippen molar-refractivity contribution >= 4 is 17.3 Å². The van der Waals surface area contributed by atoms with Crippen LogP contribution >= 0.6 is 0 Å². The number of hydrogen-bond acceptors (Lipinski definition) is 4. The Kier molecular flexibility index (Phi) is 4.24. The van der Waals surface area contributed by atoms with Crippen molar-refractivity contribution in [3.05, 3.63) is 112 Å². The van der Waals surface area contributed by atoms with Gasteiger partial charge in [0.15, 0.2) is 5.78 Å². The Morgan fingerprint density at radius 1 is 0.893 bits per heavy atom. The van der Waals surface area contributed by atoms with Gasteiger partial charge in [-0.1, -0.05) is 60.7 Å². The maximum absolute atomic E-state index is 13.2. The van der Waals surface area contributed by atoms with Crippen LogP contribution in [0.4, 0.5) is 0 Å². The monoisotopic (exact) mass is 372 g/mol. The number of amides is 1. The third-order valence-corrected chi connectivity index (χ3v) is 4.96. The third kappa shape index (κ3) is 2.75. The van der Waals surface area contributed by atoms with E-state index < -0.39 is 22.1 Å². The predicted molar refractivity (Wildman–Crippen MR) is 103 cm³/mol. The number of rotatable bonds is 4. The summed E-state index contributed by atoms with van der Waals surface area (Å²) in [6, 6.07) is 18.1. The van der Waals surface area contributed by atoms with E-state index in [1.54, 1.807) is 42.5 Å². The van der Waals surface area contributed by atoms with E-state index in [4.69, 9.17) is 0 Å². The molecule has 1 aliphatic carbocycles. The molecule has 1 heterocycles. The first-order valence-electron chi connectivity index (χ1n) is 8.76. The second kappa shape index (κ2) is 6.74. The smallest absolute Gasteiger partial charge is 0.312 e. The van der Waals surface area contributed by atoms with Gasteiger partial charge in [-0.2, -0.15) is 0 Å². The van der Waals surface area contributed by atoms with Crippen molar-refractivity contribution in [1.82, 2.24) is 4.90 Å². The first kappa shape index (κ1) is 17.6. The maximum Gasteiger partial charge on any atom is 0.340 e. The van der Waals surface area contributed by atoms with E-state index in [9.17, 15) is 19.7 Å². The molecule has 0 radical (unpaired) electrons. The van der Waals surface area contributed by atoms with Gasteiger partial charge in [-0.25, -0.2) is 0 Å². The first-order valence-corrected chi connectivity index (χ1v) is 8.76. The van der Waals surface area contributed by atoms with Crippen molar-refractivity contribution in [2.75, 3.05) is 0 Å². The minimum Gasteiger partial charge on any atom is -0.312 e. The van der Waals surface area contributed by atoms with Gasteiger partial charge in [0.1, 0.15) is 5.54 Å². The average Bonchev–Trinajstić information content (AvgIpc) is 2.94. The summed E-state index contributed by atoms with van der Waals surface area (Å²) in [6.45, 7) is 0.177. The fourth-order valence-electron chi connectivity index (χ4n) is 3.71.